The van der Waals surface area contributed by atoms with Crippen molar-refractivity contribution in [3.8, 4) is 11.3 Å². The summed E-state index contributed by atoms with van der Waals surface area (Å²) in [5.41, 5.74) is 6.17. The predicted octanol–water partition coefficient (Wildman–Crippen LogP) is 4.16. The van der Waals surface area contributed by atoms with Crippen LogP contribution < -0.4 is 4.57 Å². The molecule has 0 bridgehead atoms. The van der Waals surface area contributed by atoms with Gasteiger partial charge in [0, 0.05) is 17.8 Å². The van der Waals surface area contributed by atoms with Gasteiger partial charge in [-0.2, -0.15) is 0 Å². The lowest BCUT2D eigenvalue weighted by atomic mass is 9.98. The first kappa shape index (κ1) is 13.7. The average molecular weight is 277 g/mol. The molecular formula is C19H21N2+. The summed E-state index contributed by atoms with van der Waals surface area (Å²) < 4.78 is 2.21. The van der Waals surface area contributed by atoms with E-state index in [1.165, 1.54) is 27.8 Å². The number of nitrogens with zero attached hydrogens (tertiary/aromatic N) is 2. The maximum Gasteiger partial charge on any atom is 0.214 e. The minimum Gasteiger partial charge on any atom is -0.256 e. The smallest absolute Gasteiger partial charge is 0.214 e. The number of fused-ring (bicyclic) bond motifs is 1. The van der Waals surface area contributed by atoms with Crippen molar-refractivity contribution < 1.29 is 4.57 Å². The third-order valence-electron chi connectivity index (χ3n) is 4.07. The molecule has 21 heavy (non-hydrogen) atoms. The van der Waals surface area contributed by atoms with Crippen molar-refractivity contribution in [1.82, 2.24) is 4.98 Å². The SMILES string of the molecule is Cc1ccccc1-c1cc2nccc(C(C)C)c2c[n+]1C. The van der Waals surface area contributed by atoms with E-state index in [1.54, 1.807) is 0 Å². The van der Waals surface area contributed by atoms with Gasteiger partial charge in [-0.1, -0.05) is 32.0 Å². The van der Waals surface area contributed by atoms with Crippen molar-refractivity contribution in [2.24, 2.45) is 7.05 Å². The standard InChI is InChI=1S/C19H21N2/c1-13(2)15-9-10-20-18-11-19(21(4)12-17(15)18)16-8-6-5-7-14(16)3/h5-13H,1-4H3/q+1. The monoisotopic (exact) mass is 277 g/mol. The van der Waals surface area contributed by atoms with Crippen molar-refractivity contribution in [3.63, 3.8) is 0 Å². The quantitative estimate of drug-likeness (QED) is 0.643. The largest absolute Gasteiger partial charge is 0.256 e. The molecule has 0 aliphatic rings. The molecule has 2 heteroatoms. The van der Waals surface area contributed by atoms with Crippen LogP contribution in [0.5, 0.6) is 0 Å². The molecule has 1 aromatic carbocycles. The lowest BCUT2D eigenvalue weighted by Gasteiger charge is -2.10. The van der Waals surface area contributed by atoms with Gasteiger partial charge in [-0.3, -0.25) is 4.98 Å². The second-order valence-corrected chi connectivity index (χ2v) is 5.94. The fourth-order valence-electron chi connectivity index (χ4n) is 2.89. The molecule has 0 atom stereocenters. The van der Waals surface area contributed by atoms with Gasteiger partial charge in [0.1, 0.15) is 7.05 Å². The second-order valence-electron chi connectivity index (χ2n) is 5.94. The van der Waals surface area contributed by atoms with Crippen molar-refractivity contribution in [2.75, 3.05) is 0 Å². The number of rotatable bonds is 2. The number of hydrogen-bond donors (Lipinski definition) is 0. The van der Waals surface area contributed by atoms with Crippen molar-refractivity contribution in [2.45, 2.75) is 26.7 Å². The number of aryl methyl sites for hydroxylation is 2. The molecule has 2 nitrogen and oxygen atoms in total. The minimum atomic E-state index is 0.500. The summed E-state index contributed by atoms with van der Waals surface area (Å²) >= 11 is 0. The molecule has 0 aliphatic heterocycles. The van der Waals surface area contributed by atoms with E-state index in [1.807, 2.05) is 6.20 Å². The van der Waals surface area contributed by atoms with E-state index < -0.39 is 0 Å². The van der Waals surface area contributed by atoms with Crippen LogP contribution in [0.4, 0.5) is 0 Å². The Bertz CT molecular complexity index is 804. The summed E-state index contributed by atoms with van der Waals surface area (Å²) in [5, 5.41) is 1.24. The topological polar surface area (TPSA) is 16.8 Å². The molecular weight excluding hydrogens is 256 g/mol. The highest BCUT2D eigenvalue weighted by atomic mass is 14.9. The first-order chi connectivity index (χ1) is 10.1. The van der Waals surface area contributed by atoms with Gasteiger partial charge >= 0.3 is 0 Å². The number of hydrogen-bond acceptors (Lipinski definition) is 1. The normalized spacial score (nSPS) is 11.3. The lowest BCUT2D eigenvalue weighted by Crippen LogP contribution is -2.31. The van der Waals surface area contributed by atoms with Crippen LogP contribution in [0.15, 0.2) is 48.8 Å². The van der Waals surface area contributed by atoms with Gasteiger partial charge < -0.3 is 0 Å². The summed E-state index contributed by atoms with van der Waals surface area (Å²) in [7, 11) is 2.11. The molecule has 0 aliphatic carbocycles. The average Bonchev–Trinajstić information content (AvgIpc) is 2.46. The van der Waals surface area contributed by atoms with Crippen LogP contribution >= 0.6 is 0 Å². The maximum absolute atomic E-state index is 4.57. The molecule has 0 radical (unpaired) electrons. The Labute approximate surface area is 126 Å². The van der Waals surface area contributed by atoms with Crippen LogP contribution in [-0.4, -0.2) is 4.98 Å². The number of aromatic nitrogens is 2. The zero-order chi connectivity index (χ0) is 15.0. The van der Waals surface area contributed by atoms with Gasteiger partial charge in [-0.05, 0) is 36.1 Å². The Morgan fingerprint density at radius 3 is 2.57 bits per heavy atom. The Balaban J connectivity index is 2.28. The number of pyridine rings is 2. The van der Waals surface area contributed by atoms with Gasteiger partial charge in [0.2, 0.25) is 5.69 Å². The van der Waals surface area contributed by atoms with Crippen molar-refractivity contribution in [1.29, 1.82) is 0 Å². The third kappa shape index (κ3) is 2.42. The summed E-state index contributed by atoms with van der Waals surface area (Å²) in [6, 6.07) is 12.8. The van der Waals surface area contributed by atoms with Gasteiger partial charge in [-0.15, -0.1) is 0 Å². The van der Waals surface area contributed by atoms with Crippen LogP contribution in [-0.2, 0) is 7.05 Å². The predicted molar refractivity (Wildman–Crippen MR) is 87.2 cm³/mol. The number of benzene rings is 1. The van der Waals surface area contributed by atoms with Gasteiger partial charge in [0.15, 0.2) is 6.20 Å². The summed E-state index contributed by atoms with van der Waals surface area (Å²) in [6.07, 6.45) is 4.12. The Hall–Kier alpha value is -2.22. The molecule has 2 heterocycles. The van der Waals surface area contributed by atoms with E-state index in [-0.39, 0.29) is 0 Å². The first-order valence-corrected chi connectivity index (χ1v) is 7.42. The molecule has 3 aromatic rings. The van der Waals surface area contributed by atoms with E-state index in [0.717, 1.165) is 5.52 Å². The molecule has 0 amide bonds. The van der Waals surface area contributed by atoms with Gasteiger partial charge in [0.25, 0.3) is 0 Å². The van der Waals surface area contributed by atoms with Crippen molar-refractivity contribution >= 4 is 10.9 Å². The summed E-state index contributed by atoms with van der Waals surface area (Å²) in [6.45, 7) is 6.60. The summed E-state index contributed by atoms with van der Waals surface area (Å²) in [4.78, 5) is 4.57. The summed E-state index contributed by atoms with van der Waals surface area (Å²) in [5.74, 6) is 0.500. The van der Waals surface area contributed by atoms with E-state index >= 15 is 0 Å². The van der Waals surface area contributed by atoms with Gasteiger partial charge in [-0.25, -0.2) is 4.57 Å². The fourth-order valence-corrected chi connectivity index (χ4v) is 2.89. The molecule has 3 rings (SSSR count). The zero-order valence-corrected chi connectivity index (χ0v) is 13.1. The van der Waals surface area contributed by atoms with Gasteiger partial charge in [0.05, 0.1) is 10.9 Å². The highest BCUT2D eigenvalue weighted by molar-refractivity contribution is 5.83. The van der Waals surface area contributed by atoms with Crippen molar-refractivity contribution in [3.05, 3.63) is 59.9 Å². The molecule has 106 valence electrons. The van der Waals surface area contributed by atoms with E-state index in [4.69, 9.17) is 0 Å². The van der Waals surface area contributed by atoms with Crippen LogP contribution in [0.2, 0.25) is 0 Å². The molecule has 2 aromatic heterocycles. The Morgan fingerprint density at radius 2 is 1.86 bits per heavy atom. The van der Waals surface area contributed by atoms with E-state index in [9.17, 15) is 0 Å². The Morgan fingerprint density at radius 1 is 1.10 bits per heavy atom. The van der Waals surface area contributed by atoms with E-state index in [2.05, 4.69) is 80.0 Å². The molecule has 0 unspecified atom stereocenters. The molecule has 0 N–H and O–H groups in total. The minimum absolute atomic E-state index is 0.500. The zero-order valence-electron chi connectivity index (χ0n) is 13.1. The molecule has 0 saturated carbocycles. The van der Waals surface area contributed by atoms with E-state index in [0.29, 0.717) is 5.92 Å². The molecule has 0 saturated heterocycles. The van der Waals surface area contributed by atoms with Crippen LogP contribution in [0, 0.1) is 6.92 Å². The highest BCUT2D eigenvalue weighted by Gasteiger charge is 2.16. The maximum atomic E-state index is 4.57. The highest BCUT2D eigenvalue weighted by Crippen LogP contribution is 2.26. The Kier molecular flexibility index (Phi) is 3.46. The lowest BCUT2D eigenvalue weighted by molar-refractivity contribution is -0.659. The third-order valence-corrected chi connectivity index (χ3v) is 4.07. The molecule has 0 fully saturated rings. The second kappa shape index (κ2) is 5.28. The van der Waals surface area contributed by atoms with Crippen LogP contribution in [0.25, 0.3) is 22.2 Å². The molecule has 0 spiro atoms. The van der Waals surface area contributed by atoms with Crippen LogP contribution in [0.3, 0.4) is 0 Å². The van der Waals surface area contributed by atoms with Crippen LogP contribution in [0.1, 0.15) is 30.9 Å². The first-order valence-electron chi connectivity index (χ1n) is 7.42. The fraction of sp³-hybridized carbons (Fsp3) is 0.263.